The van der Waals surface area contributed by atoms with Gasteiger partial charge in [-0.15, -0.1) is 0 Å². The minimum atomic E-state index is -0.311. The maximum atomic E-state index is 12.3. The van der Waals surface area contributed by atoms with Crippen LogP contribution in [0, 0.1) is 0 Å². The predicted molar refractivity (Wildman–Crippen MR) is 82.8 cm³/mol. The lowest BCUT2D eigenvalue weighted by molar-refractivity contribution is 0.0902. The second-order valence-electron chi connectivity index (χ2n) is 5.67. The second-order valence-corrected chi connectivity index (χ2v) is 5.67. The molecule has 0 bridgehead atoms. The first kappa shape index (κ1) is 14.3. The Balaban J connectivity index is 2.13. The number of amides is 1. The van der Waals surface area contributed by atoms with Gasteiger partial charge in [0.25, 0.3) is 5.91 Å². The van der Waals surface area contributed by atoms with Crippen molar-refractivity contribution in [2.24, 2.45) is 0 Å². The van der Waals surface area contributed by atoms with Gasteiger partial charge in [-0.2, -0.15) is 0 Å². The minimum Gasteiger partial charge on any atom is -0.347 e. The van der Waals surface area contributed by atoms with Crippen molar-refractivity contribution in [1.82, 2.24) is 5.32 Å². The molecule has 1 amide bonds. The van der Waals surface area contributed by atoms with Crippen molar-refractivity contribution in [3.05, 3.63) is 71.8 Å². The smallest absolute Gasteiger partial charge is 0.251 e. The van der Waals surface area contributed by atoms with Crippen molar-refractivity contribution >= 4 is 5.91 Å². The summed E-state index contributed by atoms with van der Waals surface area (Å²) in [4.78, 5) is 12.3. The van der Waals surface area contributed by atoms with Crippen LogP contribution >= 0.6 is 0 Å². The van der Waals surface area contributed by atoms with Crippen LogP contribution < -0.4 is 5.32 Å². The monoisotopic (exact) mass is 267 g/mol. The predicted octanol–water partition coefficient (Wildman–Crippen LogP) is 4.00. The second kappa shape index (κ2) is 5.91. The maximum Gasteiger partial charge on any atom is 0.251 e. The van der Waals surface area contributed by atoms with Crippen LogP contribution in [0.1, 0.15) is 42.6 Å². The normalized spacial score (nSPS) is 12.8. The summed E-state index contributed by atoms with van der Waals surface area (Å²) in [5, 5.41) is 3.13. The van der Waals surface area contributed by atoms with Gasteiger partial charge in [0.05, 0.1) is 0 Å². The molecule has 0 spiro atoms. The number of rotatable bonds is 4. The molecule has 1 N–H and O–H groups in total. The molecular formula is C18H21NO. The van der Waals surface area contributed by atoms with Crippen LogP contribution in [0.15, 0.2) is 60.7 Å². The fourth-order valence-corrected chi connectivity index (χ4v) is 2.22. The molecule has 0 saturated heterocycles. The third-order valence-corrected chi connectivity index (χ3v) is 3.85. The molecular weight excluding hydrogens is 246 g/mol. The van der Waals surface area contributed by atoms with Crippen molar-refractivity contribution in [2.75, 3.05) is 0 Å². The van der Waals surface area contributed by atoms with Crippen LogP contribution in [0.3, 0.4) is 0 Å². The quantitative estimate of drug-likeness (QED) is 0.891. The summed E-state index contributed by atoms with van der Waals surface area (Å²) in [6.07, 6.45) is 0. The molecule has 20 heavy (non-hydrogen) atoms. The molecule has 2 heteroatoms. The summed E-state index contributed by atoms with van der Waals surface area (Å²) in [6, 6.07) is 19.6. The maximum absolute atomic E-state index is 12.3. The Morgan fingerprint density at radius 1 is 0.950 bits per heavy atom. The van der Waals surface area contributed by atoms with Crippen molar-refractivity contribution < 1.29 is 4.79 Å². The minimum absolute atomic E-state index is 0.0293. The molecule has 1 atom stereocenters. The number of hydrogen-bond acceptors (Lipinski definition) is 1. The fourth-order valence-electron chi connectivity index (χ4n) is 2.22. The summed E-state index contributed by atoms with van der Waals surface area (Å²) in [5.41, 5.74) is 1.61. The molecule has 2 nitrogen and oxygen atoms in total. The van der Waals surface area contributed by atoms with E-state index in [0.717, 1.165) is 0 Å². The number of benzene rings is 2. The van der Waals surface area contributed by atoms with E-state index in [1.165, 1.54) is 5.56 Å². The molecule has 2 aromatic rings. The van der Waals surface area contributed by atoms with Crippen LogP contribution in [0.4, 0.5) is 0 Å². The molecule has 2 aromatic carbocycles. The van der Waals surface area contributed by atoms with E-state index in [4.69, 9.17) is 0 Å². The van der Waals surface area contributed by atoms with E-state index in [1.807, 2.05) is 48.5 Å². The Hall–Kier alpha value is -2.09. The SMILES string of the molecule is CC(c1ccccc1)C(C)(C)NC(=O)c1ccccc1. The van der Waals surface area contributed by atoms with Crippen LogP contribution in [-0.2, 0) is 0 Å². The van der Waals surface area contributed by atoms with E-state index >= 15 is 0 Å². The summed E-state index contributed by atoms with van der Waals surface area (Å²) in [6.45, 7) is 6.26. The van der Waals surface area contributed by atoms with Crippen LogP contribution in [-0.4, -0.2) is 11.4 Å². The molecule has 2 rings (SSSR count). The molecule has 0 fully saturated rings. The molecule has 0 aliphatic carbocycles. The average Bonchev–Trinajstić information content (AvgIpc) is 2.48. The zero-order valence-corrected chi connectivity index (χ0v) is 12.3. The van der Waals surface area contributed by atoms with Crippen molar-refractivity contribution in [2.45, 2.75) is 32.2 Å². The van der Waals surface area contributed by atoms with Gasteiger partial charge >= 0.3 is 0 Å². The van der Waals surface area contributed by atoms with Crippen molar-refractivity contribution in [3.8, 4) is 0 Å². The Bertz CT molecular complexity index is 560. The first-order chi connectivity index (χ1) is 9.50. The summed E-state index contributed by atoms with van der Waals surface area (Å²) in [5.74, 6) is 0.203. The van der Waals surface area contributed by atoms with Gasteiger partial charge in [0.15, 0.2) is 0 Å². The molecule has 0 aliphatic rings. The van der Waals surface area contributed by atoms with Gasteiger partial charge in [0, 0.05) is 17.0 Å². The molecule has 104 valence electrons. The van der Waals surface area contributed by atoms with Gasteiger partial charge in [-0.05, 0) is 31.5 Å². The van der Waals surface area contributed by atoms with E-state index < -0.39 is 0 Å². The summed E-state index contributed by atoms with van der Waals surface area (Å²) in [7, 11) is 0. The Labute approximate surface area is 120 Å². The van der Waals surface area contributed by atoms with E-state index in [-0.39, 0.29) is 17.4 Å². The van der Waals surface area contributed by atoms with E-state index in [1.54, 1.807) is 0 Å². The van der Waals surface area contributed by atoms with Crippen molar-refractivity contribution in [3.63, 3.8) is 0 Å². The van der Waals surface area contributed by atoms with Gasteiger partial charge in [-0.1, -0.05) is 55.5 Å². The zero-order valence-electron chi connectivity index (χ0n) is 12.3. The highest BCUT2D eigenvalue weighted by Gasteiger charge is 2.28. The molecule has 0 heterocycles. The molecule has 0 aromatic heterocycles. The highest BCUT2D eigenvalue weighted by atomic mass is 16.1. The standard InChI is InChI=1S/C18H21NO/c1-14(15-10-6-4-7-11-15)18(2,3)19-17(20)16-12-8-5-9-13-16/h4-14H,1-3H3,(H,19,20). The highest BCUT2D eigenvalue weighted by Crippen LogP contribution is 2.27. The Morgan fingerprint density at radius 3 is 2.00 bits per heavy atom. The summed E-state index contributed by atoms with van der Waals surface area (Å²) < 4.78 is 0. The molecule has 0 saturated carbocycles. The Morgan fingerprint density at radius 2 is 1.45 bits per heavy atom. The molecule has 1 unspecified atom stereocenters. The lowest BCUT2D eigenvalue weighted by Crippen LogP contribution is -2.47. The number of carbonyl (C=O) groups excluding carboxylic acids is 1. The van der Waals surface area contributed by atoms with Gasteiger partial charge in [-0.3, -0.25) is 4.79 Å². The number of carbonyl (C=O) groups is 1. The lowest BCUT2D eigenvalue weighted by Gasteiger charge is -2.33. The van der Waals surface area contributed by atoms with Crippen molar-refractivity contribution in [1.29, 1.82) is 0 Å². The number of hydrogen-bond donors (Lipinski definition) is 1. The van der Waals surface area contributed by atoms with E-state index in [0.29, 0.717) is 5.56 Å². The highest BCUT2D eigenvalue weighted by molar-refractivity contribution is 5.94. The van der Waals surface area contributed by atoms with Gasteiger partial charge in [0.2, 0.25) is 0 Å². The number of nitrogens with one attached hydrogen (secondary N) is 1. The van der Waals surface area contributed by atoms with E-state index in [9.17, 15) is 4.79 Å². The Kier molecular flexibility index (Phi) is 4.23. The average molecular weight is 267 g/mol. The van der Waals surface area contributed by atoms with Gasteiger partial charge in [-0.25, -0.2) is 0 Å². The first-order valence-electron chi connectivity index (χ1n) is 6.93. The molecule has 0 radical (unpaired) electrons. The fraction of sp³-hybridized carbons (Fsp3) is 0.278. The first-order valence-corrected chi connectivity index (χ1v) is 6.93. The lowest BCUT2D eigenvalue weighted by atomic mass is 9.83. The van der Waals surface area contributed by atoms with E-state index in [2.05, 4.69) is 38.2 Å². The van der Waals surface area contributed by atoms with Crippen LogP contribution in [0.25, 0.3) is 0 Å². The zero-order chi connectivity index (χ0) is 14.6. The third kappa shape index (κ3) is 3.27. The largest absolute Gasteiger partial charge is 0.347 e. The summed E-state index contributed by atoms with van der Waals surface area (Å²) >= 11 is 0. The van der Waals surface area contributed by atoms with Gasteiger partial charge in [0.1, 0.15) is 0 Å². The topological polar surface area (TPSA) is 29.1 Å². The third-order valence-electron chi connectivity index (χ3n) is 3.85. The van der Waals surface area contributed by atoms with Crippen LogP contribution in [0.5, 0.6) is 0 Å². The van der Waals surface area contributed by atoms with Crippen LogP contribution in [0.2, 0.25) is 0 Å². The van der Waals surface area contributed by atoms with Gasteiger partial charge < -0.3 is 5.32 Å². The molecule has 0 aliphatic heterocycles.